The van der Waals surface area contributed by atoms with E-state index in [1.807, 2.05) is 49.4 Å². The number of aryl methyl sites for hydroxylation is 1. The van der Waals surface area contributed by atoms with E-state index in [9.17, 15) is 4.79 Å². The number of ether oxygens (including phenoxy) is 3. The quantitative estimate of drug-likeness (QED) is 0.812. The van der Waals surface area contributed by atoms with Crippen LogP contribution in [-0.2, 0) is 9.53 Å². The molecule has 27 heavy (non-hydrogen) atoms. The number of amides is 1. The van der Waals surface area contributed by atoms with E-state index in [4.69, 9.17) is 14.2 Å². The highest BCUT2D eigenvalue weighted by Crippen LogP contribution is 2.35. The summed E-state index contributed by atoms with van der Waals surface area (Å²) in [6.07, 6.45) is 3.39. The van der Waals surface area contributed by atoms with Gasteiger partial charge in [-0.1, -0.05) is 24.3 Å². The van der Waals surface area contributed by atoms with Gasteiger partial charge in [-0.2, -0.15) is 0 Å². The first kappa shape index (κ1) is 17.8. The van der Waals surface area contributed by atoms with Crippen molar-refractivity contribution in [2.24, 2.45) is 0 Å². The first-order chi connectivity index (χ1) is 13.1. The Labute approximate surface area is 159 Å². The van der Waals surface area contributed by atoms with Crippen LogP contribution in [0.4, 0.5) is 0 Å². The first-order valence-electron chi connectivity index (χ1n) is 9.31. The Morgan fingerprint density at radius 2 is 2.07 bits per heavy atom. The summed E-state index contributed by atoms with van der Waals surface area (Å²) >= 11 is 0. The van der Waals surface area contributed by atoms with Crippen LogP contribution in [0.3, 0.4) is 0 Å². The molecule has 2 aliphatic heterocycles. The molecule has 4 rings (SSSR count). The first-order valence-corrected chi connectivity index (χ1v) is 9.31. The number of carbonyl (C=O) groups is 1. The molecular weight excluding hydrogens is 344 g/mol. The molecule has 1 aromatic heterocycles. The van der Waals surface area contributed by atoms with E-state index in [1.165, 1.54) is 0 Å². The van der Waals surface area contributed by atoms with Crippen molar-refractivity contribution in [1.29, 1.82) is 0 Å². The number of para-hydroxylation sites is 1. The Hall–Kier alpha value is -2.60. The smallest absolute Gasteiger partial charge is 0.260 e. The van der Waals surface area contributed by atoms with Gasteiger partial charge in [0.25, 0.3) is 5.91 Å². The summed E-state index contributed by atoms with van der Waals surface area (Å²) in [6, 6.07) is 13.3. The Morgan fingerprint density at radius 1 is 1.26 bits per heavy atom. The lowest BCUT2D eigenvalue weighted by molar-refractivity contribution is -0.194. The fraction of sp³-hybridized carbons (Fsp3) is 0.429. The van der Waals surface area contributed by atoms with Crippen LogP contribution in [0.1, 0.15) is 18.4 Å². The highest BCUT2D eigenvalue weighted by Gasteiger charge is 2.50. The number of pyridine rings is 1. The van der Waals surface area contributed by atoms with Crippen molar-refractivity contribution >= 4 is 5.91 Å². The summed E-state index contributed by atoms with van der Waals surface area (Å²) in [4.78, 5) is 18.4. The number of hydrogen-bond acceptors (Lipinski definition) is 5. The molecule has 1 atom stereocenters. The summed E-state index contributed by atoms with van der Waals surface area (Å²) in [5.74, 6) is 1.37. The molecule has 1 spiro atoms. The zero-order valence-electron chi connectivity index (χ0n) is 15.5. The summed E-state index contributed by atoms with van der Waals surface area (Å²) in [6.45, 7) is 3.83. The van der Waals surface area contributed by atoms with Crippen LogP contribution in [0.15, 0.2) is 48.7 Å². The molecule has 6 heteroatoms. The maximum absolute atomic E-state index is 12.4. The van der Waals surface area contributed by atoms with Crippen LogP contribution in [0.25, 0.3) is 0 Å². The number of hydrogen-bond donors (Lipinski definition) is 0. The van der Waals surface area contributed by atoms with E-state index >= 15 is 0 Å². The average molecular weight is 368 g/mol. The number of likely N-dealkylation sites (tertiary alicyclic amines) is 1. The minimum absolute atomic E-state index is 0.0137. The van der Waals surface area contributed by atoms with Gasteiger partial charge < -0.3 is 19.1 Å². The third kappa shape index (κ3) is 4.06. The fourth-order valence-electron chi connectivity index (χ4n) is 3.67. The molecule has 2 aliphatic rings. The summed E-state index contributed by atoms with van der Waals surface area (Å²) < 4.78 is 17.6. The number of aromatic nitrogens is 1. The maximum atomic E-state index is 12.4. The second kappa shape index (κ2) is 7.56. The van der Waals surface area contributed by atoms with Crippen LogP contribution < -0.4 is 9.47 Å². The number of carbonyl (C=O) groups excluding carboxylic acids is 1. The van der Waals surface area contributed by atoms with Gasteiger partial charge in [-0.05, 0) is 24.6 Å². The lowest BCUT2D eigenvalue weighted by Crippen LogP contribution is -2.68. The molecule has 0 saturated carbocycles. The van der Waals surface area contributed by atoms with Crippen molar-refractivity contribution in [2.45, 2.75) is 31.5 Å². The predicted octanol–water partition coefficient (Wildman–Crippen LogP) is 2.61. The normalized spacial score (nSPS) is 20.8. The van der Waals surface area contributed by atoms with E-state index < -0.39 is 0 Å². The van der Waals surface area contributed by atoms with Gasteiger partial charge in [0.15, 0.2) is 6.61 Å². The van der Waals surface area contributed by atoms with Gasteiger partial charge in [0.1, 0.15) is 17.5 Å². The molecule has 1 aromatic carbocycles. The van der Waals surface area contributed by atoms with Gasteiger partial charge in [0.05, 0.1) is 19.7 Å². The highest BCUT2D eigenvalue weighted by atomic mass is 16.5. The van der Waals surface area contributed by atoms with Gasteiger partial charge in [0, 0.05) is 25.1 Å². The average Bonchev–Trinajstić information content (AvgIpc) is 2.66. The van der Waals surface area contributed by atoms with Crippen LogP contribution in [0, 0.1) is 6.92 Å². The molecule has 2 aromatic rings. The van der Waals surface area contributed by atoms with Crippen LogP contribution in [-0.4, -0.2) is 53.8 Å². The van der Waals surface area contributed by atoms with Crippen molar-refractivity contribution in [3.8, 4) is 11.6 Å². The summed E-state index contributed by atoms with van der Waals surface area (Å²) in [5.41, 5.74) is 0.728. The molecule has 3 heterocycles. The van der Waals surface area contributed by atoms with Crippen molar-refractivity contribution in [3.05, 3.63) is 54.2 Å². The number of benzene rings is 1. The molecule has 0 aliphatic carbocycles. The van der Waals surface area contributed by atoms with E-state index in [2.05, 4.69) is 4.98 Å². The minimum atomic E-state index is -0.296. The van der Waals surface area contributed by atoms with Crippen molar-refractivity contribution < 1.29 is 19.0 Å². The molecule has 2 fully saturated rings. The topological polar surface area (TPSA) is 60.9 Å². The minimum Gasteiger partial charge on any atom is -0.484 e. The van der Waals surface area contributed by atoms with Gasteiger partial charge >= 0.3 is 0 Å². The predicted molar refractivity (Wildman–Crippen MR) is 99.8 cm³/mol. The van der Waals surface area contributed by atoms with E-state index in [0.717, 1.165) is 24.2 Å². The number of rotatable bonds is 5. The lowest BCUT2D eigenvalue weighted by atomic mass is 9.84. The largest absolute Gasteiger partial charge is 0.484 e. The lowest BCUT2D eigenvalue weighted by Gasteiger charge is -2.52. The monoisotopic (exact) mass is 368 g/mol. The molecule has 1 amide bonds. The molecule has 6 nitrogen and oxygen atoms in total. The molecule has 0 bridgehead atoms. The van der Waals surface area contributed by atoms with Crippen LogP contribution >= 0.6 is 0 Å². The van der Waals surface area contributed by atoms with E-state index in [0.29, 0.717) is 25.6 Å². The number of nitrogens with zero attached hydrogens (tertiary/aromatic N) is 2. The van der Waals surface area contributed by atoms with Gasteiger partial charge in [-0.15, -0.1) is 0 Å². The molecule has 0 radical (unpaired) electrons. The summed E-state index contributed by atoms with van der Waals surface area (Å²) in [5, 5.41) is 0. The third-order valence-electron chi connectivity index (χ3n) is 5.13. The maximum Gasteiger partial charge on any atom is 0.260 e. The molecule has 142 valence electrons. The Bertz CT molecular complexity index is 790. The Kier molecular flexibility index (Phi) is 4.99. The summed E-state index contributed by atoms with van der Waals surface area (Å²) in [7, 11) is 0. The third-order valence-corrected chi connectivity index (χ3v) is 5.13. The van der Waals surface area contributed by atoms with Crippen molar-refractivity contribution in [1.82, 2.24) is 9.88 Å². The van der Waals surface area contributed by atoms with E-state index in [-0.39, 0.29) is 24.2 Å². The molecule has 1 unspecified atom stereocenters. The SMILES string of the molecule is Cc1ccccc1OCC(=O)N1CC2(CC(Oc3ccccn3)CCO2)C1. The van der Waals surface area contributed by atoms with Gasteiger partial charge in [-0.3, -0.25) is 4.79 Å². The van der Waals surface area contributed by atoms with Crippen LogP contribution in [0.2, 0.25) is 0 Å². The Morgan fingerprint density at radius 3 is 2.85 bits per heavy atom. The van der Waals surface area contributed by atoms with Gasteiger partial charge in [-0.25, -0.2) is 4.98 Å². The highest BCUT2D eigenvalue weighted by molar-refractivity contribution is 5.79. The zero-order valence-corrected chi connectivity index (χ0v) is 15.5. The Balaban J connectivity index is 1.27. The van der Waals surface area contributed by atoms with Crippen molar-refractivity contribution in [2.75, 3.05) is 26.3 Å². The second-order valence-corrected chi connectivity index (χ2v) is 7.24. The van der Waals surface area contributed by atoms with E-state index in [1.54, 1.807) is 11.1 Å². The van der Waals surface area contributed by atoms with Gasteiger partial charge in [0.2, 0.25) is 5.88 Å². The fourth-order valence-corrected chi connectivity index (χ4v) is 3.67. The van der Waals surface area contributed by atoms with Crippen molar-refractivity contribution in [3.63, 3.8) is 0 Å². The van der Waals surface area contributed by atoms with Crippen LogP contribution in [0.5, 0.6) is 11.6 Å². The molecule has 2 saturated heterocycles. The second-order valence-electron chi connectivity index (χ2n) is 7.24. The zero-order chi connectivity index (χ0) is 18.7. The standard InChI is InChI=1S/C21H24N2O4/c1-16-6-2-3-7-18(16)25-13-20(24)23-14-21(15-23)12-17(9-11-26-21)27-19-8-4-5-10-22-19/h2-8,10,17H,9,11-15H2,1H3. The molecule has 0 N–H and O–H groups in total. The molecular formula is C21H24N2O4.